The van der Waals surface area contributed by atoms with E-state index in [-0.39, 0.29) is 24.9 Å². The fourth-order valence-electron chi connectivity index (χ4n) is 2.57. The van der Waals surface area contributed by atoms with Gasteiger partial charge in [-0.15, -0.1) is 0 Å². The standard InChI is InChI=1S/C13H18BrN3O3/c14-10-7-15-16(8-10)9-12(18)17-6-2-1-3-11(17)4-5-13(19)20/h7-8,11H,1-6,9H2,(H,19,20). The number of likely N-dealkylation sites (tertiary alicyclic amines) is 1. The lowest BCUT2D eigenvalue weighted by Gasteiger charge is -2.35. The van der Waals surface area contributed by atoms with Gasteiger partial charge >= 0.3 is 5.97 Å². The van der Waals surface area contributed by atoms with E-state index >= 15 is 0 Å². The Balaban J connectivity index is 1.95. The van der Waals surface area contributed by atoms with Crippen LogP contribution < -0.4 is 0 Å². The summed E-state index contributed by atoms with van der Waals surface area (Å²) in [5.74, 6) is -0.797. The molecule has 0 radical (unpaired) electrons. The maximum Gasteiger partial charge on any atom is 0.303 e. The number of carbonyl (C=O) groups is 2. The molecule has 1 aromatic rings. The number of hydrogen-bond acceptors (Lipinski definition) is 3. The second kappa shape index (κ2) is 6.88. The summed E-state index contributed by atoms with van der Waals surface area (Å²) in [6, 6.07) is 0.0475. The normalized spacial score (nSPS) is 19.1. The molecule has 0 bridgehead atoms. The minimum Gasteiger partial charge on any atom is -0.481 e. The van der Waals surface area contributed by atoms with E-state index in [2.05, 4.69) is 21.0 Å². The van der Waals surface area contributed by atoms with Gasteiger partial charge in [-0.3, -0.25) is 14.3 Å². The Morgan fingerprint density at radius 1 is 1.45 bits per heavy atom. The Hall–Kier alpha value is -1.37. The van der Waals surface area contributed by atoms with E-state index in [1.165, 1.54) is 0 Å². The predicted molar refractivity (Wildman–Crippen MR) is 76.1 cm³/mol. The summed E-state index contributed by atoms with van der Waals surface area (Å²) in [5, 5.41) is 12.9. The van der Waals surface area contributed by atoms with E-state index in [0.29, 0.717) is 13.0 Å². The minimum absolute atomic E-state index is 0.00990. The third-order valence-corrected chi connectivity index (χ3v) is 3.95. The van der Waals surface area contributed by atoms with Gasteiger partial charge in [-0.2, -0.15) is 5.10 Å². The Morgan fingerprint density at radius 3 is 2.90 bits per heavy atom. The number of hydrogen-bond donors (Lipinski definition) is 1. The molecule has 110 valence electrons. The van der Waals surface area contributed by atoms with Crippen molar-refractivity contribution >= 4 is 27.8 Å². The number of carbonyl (C=O) groups excluding carboxylic acids is 1. The highest BCUT2D eigenvalue weighted by molar-refractivity contribution is 9.10. The quantitative estimate of drug-likeness (QED) is 0.885. The van der Waals surface area contributed by atoms with Crippen molar-refractivity contribution in [3.63, 3.8) is 0 Å². The highest BCUT2D eigenvalue weighted by Crippen LogP contribution is 2.21. The maximum atomic E-state index is 12.3. The zero-order valence-electron chi connectivity index (χ0n) is 11.2. The predicted octanol–water partition coefficient (Wildman–Crippen LogP) is 1.89. The molecular weight excluding hydrogens is 326 g/mol. The van der Waals surface area contributed by atoms with Crippen LogP contribution in [0.1, 0.15) is 32.1 Å². The molecule has 1 N–H and O–H groups in total. The number of rotatable bonds is 5. The van der Waals surface area contributed by atoms with Crippen molar-refractivity contribution in [2.24, 2.45) is 0 Å². The third-order valence-electron chi connectivity index (χ3n) is 3.54. The Kier molecular flexibility index (Phi) is 5.17. The third kappa shape index (κ3) is 4.06. The molecule has 1 amide bonds. The first kappa shape index (κ1) is 15.0. The van der Waals surface area contributed by atoms with Crippen LogP contribution in [-0.2, 0) is 16.1 Å². The largest absolute Gasteiger partial charge is 0.481 e. The molecule has 2 rings (SSSR count). The Labute approximate surface area is 125 Å². The van der Waals surface area contributed by atoms with Gasteiger partial charge in [0, 0.05) is 25.2 Å². The maximum absolute atomic E-state index is 12.3. The van der Waals surface area contributed by atoms with Gasteiger partial charge in [0.05, 0.1) is 10.7 Å². The molecule has 1 saturated heterocycles. The van der Waals surface area contributed by atoms with Gasteiger partial charge in [-0.05, 0) is 41.6 Å². The van der Waals surface area contributed by atoms with Gasteiger partial charge in [0.25, 0.3) is 0 Å². The van der Waals surface area contributed by atoms with Gasteiger partial charge in [0.15, 0.2) is 0 Å². The molecule has 0 aromatic carbocycles. The lowest BCUT2D eigenvalue weighted by Crippen LogP contribution is -2.45. The summed E-state index contributed by atoms with van der Waals surface area (Å²) in [6.45, 7) is 0.917. The van der Waals surface area contributed by atoms with E-state index in [9.17, 15) is 9.59 Å². The minimum atomic E-state index is -0.807. The zero-order chi connectivity index (χ0) is 14.5. The van der Waals surface area contributed by atoms with Crippen molar-refractivity contribution < 1.29 is 14.7 Å². The van der Waals surface area contributed by atoms with Crippen molar-refractivity contribution in [3.05, 3.63) is 16.9 Å². The molecule has 6 nitrogen and oxygen atoms in total. The van der Waals surface area contributed by atoms with Gasteiger partial charge in [-0.1, -0.05) is 0 Å². The second-order valence-electron chi connectivity index (χ2n) is 5.03. The van der Waals surface area contributed by atoms with Crippen molar-refractivity contribution in [2.75, 3.05) is 6.54 Å². The van der Waals surface area contributed by atoms with E-state index < -0.39 is 5.97 Å². The molecule has 1 fully saturated rings. The van der Waals surface area contributed by atoms with E-state index in [1.807, 2.05) is 4.90 Å². The molecule has 1 aliphatic rings. The van der Waals surface area contributed by atoms with Crippen LogP contribution >= 0.6 is 15.9 Å². The summed E-state index contributed by atoms with van der Waals surface area (Å²) in [6.07, 6.45) is 6.98. The average molecular weight is 344 g/mol. The van der Waals surface area contributed by atoms with Crippen LogP contribution in [0.4, 0.5) is 0 Å². The lowest BCUT2D eigenvalue weighted by molar-refractivity contribution is -0.140. The topological polar surface area (TPSA) is 75.4 Å². The first-order valence-electron chi connectivity index (χ1n) is 6.75. The molecule has 1 aliphatic heterocycles. The van der Waals surface area contributed by atoms with Crippen LogP contribution in [0.25, 0.3) is 0 Å². The van der Waals surface area contributed by atoms with Crippen LogP contribution in [0.2, 0.25) is 0 Å². The molecule has 1 atom stereocenters. The lowest BCUT2D eigenvalue weighted by atomic mass is 9.98. The Bertz CT molecular complexity index is 489. The van der Waals surface area contributed by atoms with Crippen LogP contribution in [-0.4, -0.2) is 44.3 Å². The van der Waals surface area contributed by atoms with E-state index in [4.69, 9.17) is 5.11 Å². The molecule has 1 aromatic heterocycles. The summed E-state index contributed by atoms with van der Waals surface area (Å²) in [7, 11) is 0. The first-order chi connectivity index (χ1) is 9.56. The van der Waals surface area contributed by atoms with Crippen molar-refractivity contribution in [2.45, 2.75) is 44.7 Å². The second-order valence-corrected chi connectivity index (χ2v) is 5.94. The summed E-state index contributed by atoms with van der Waals surface area (Å²) >= 11 is 3.30. The SMILES string of the molecule is O=C(O)CCC1CCCCN1C(=O)Cn1cc(Br)cn1. The van der Waals surface area contributed by atoms with E-state index in [0.717, 1.165) is 23.7 Å². The first-order valence-corrected chi connectivity index (χ1v) is 7.55. The molecule has 7 heteroatoms. The molecule has 20 heavy (non-hydrogen) atoms. The molecule has 0 saturated carbocycles. The fraction of sp³-hybridized carbons (Fsp3) is 0.615. The number of nitrogens with zero attached hydrogens (tertiary/aromatic N) is 3. The number of carboxylic acids is 1. The van der Waals surface area contributed by atoms with Crippen LogP contribution in [0.5, 0.6) is 0 Å². The monoisotopic (exact) mass is 343 g/mol. The summed E-state index contributed by atoms with van der Waals surface area (Å²) < 4.78 is 2.43. The summed E-state index contributed by atoms with van der Waals surface area (Å²) in [5.41, 5.74) is 0. The molecule has 0 aliphatic carbocycles. The van der Waals surface area contributed by atoms with Crippen molar-refractivity contribution in [1.82, 2.24) is 14.7 Å². The molecule has 1 unspecified atom stereocenters. The average Bonchev–Trinajstić information content (AvgIpc) is 2.82. The van der Waals surface area contributed by atoms with Crippen LogP contribution in [0.3, 0.4) is 0 Å². The van der Waals surface area contributed by atoms with Crippen molar-refractivity contribution in [1.29, 1.82) is 0 Å². The van der Waals surface area contributed by atoms with Gasteiger partial charge in [0.1, 0.15) is 6.54 Å². The molecule has 2 heterocycles. The van der Waals surface area contributed by atoms with Gasteiger partial charge < -0.3 is 10.0 Å². The van der Waals surface area contributed by atoms with Gasteiger partial charge in [0.2, 0.25) is 5.91 Å². The van der Waals surface area contributed by atoms with Crippen molar-refractivity contribution in [3.8, 4) is 0 Å². The van der Waals surface area contributed by atoms with Crippen LogP contribution in [0.15, 0.2) is 16.9 Å². The number of halogens is 1. The van der Waals surface area contributed by atoms with E-state index in [1.54, 1.807) is 17.1 Å². The smallest absolute Gasteiger partial charge is 0.303 e. The highest BCUT2D eigenvalue weighted by atomic mass is 79.9. The Morgan fingerprint density at radius 2 is 2.25 bits per heavy atom. The van der Waals surface area contributed by atoms with Gasteiger partial charge in [-0.25, -0.2) is 0 Å². The number of aliphatic carboxylic acids is 1. The number of carboxylic acid groups (broad SMARTS) is 1. The molecular formula is C13H18BrN3O3. The highest BCUT2D eigenvalue weighted by Gasteiger charge is 2.27. The zero-order valence-corrected chi connectivity index (χ0v) is 12.8. The summed E-state index contributed by atoms with van der Waals surface area (Å²) in [4.78, 5) is 24.8. The number of piperidine rings is 1. The molecule has 0 spiro atoms. The number of aromatic nitrogens is 2. The fourth-order valence-corrected chi connectivity index (χ4v) is 2.90. The number of amides is 1. The van der Waals surface area contributed by atoms with Crippen LogP contribution in [0, 0.1) is 0 Å².